The van der Waals surface area contributed by atoms with E-state index >= 15 is 0 Å². The molecule has 2 heterocycles. The summed E-state index contributed by atoms with van der Waals surface area (Å²) in [6.07, 6.45) is 3.16. The third-order valence-electron chi connectivity index (χ3n) is 2.87. The molecule has 0 spiro atoms. The molecule has 0 fully saturated rings. The SMILES string of the molecule is O=C(c1ccc(Cl)nc1)c1cccc2cccnc12. The van der Waals surface area contributed by atoms with Gasteiger partial charge in [-0.15, -0.1) is 0 Å². The molecular weight excluding hydrogens is 260 g/mol. The van der Waals surface area contributed by atoms with Gasteiger partial charge in [-0.1, -0.05) is 29.8 Å². The van der Waals surface area contributed by atoms with Gasteiger partial charge < -0.3 is 0 Å². The zero-order valence-electron chi connectivity index (χ0n) is 9.88. The lowest BCUT2D eigenvalue weighted by Gasteiger charge is -2.04. The molecule has 0 saturated carbocycles. The number of para-hydroxylation sites is 1. The number of ketones is 1. The fourth-order valence-electron chi connectivity index (χ4n) is 1.95. The Hall–Kier alpha value is -2.26. The Morgan fingerprint density at radius 3 is 2.63 bits per heavy atom. The Balaban J connectivity index is 2.14. The second kappa shape index (κ2) is 4.78. The van der Waals surface area contributed by atoms with E-state index in [4.69, 9.17) is 11.6 Å². The Morgan fingerprint density at radius 1 is 1.00 bits per heavy atom. The number of fused-ring (bicyclic) bond motifs is 1. The molecular formula is C15H9ClN2O. The fourth-order valence-corrected chi connectivity index (χ4v) is 2.06. The average molecular weight is 269 g/mol. The summed E-state index contributed by atoms with van der Waals surface area (Å²) in [7, 11) is 0. The van der Waals surface area contributed by atoms with E-state index in [1.54, 1.807) is 24.4 Å². The van der Waals surface area contributed by atoms with Crippen molar-refractivity contribution in [2.75, 3.05) is 0 Å². The first-order chi connectivity index (χ1) is 9.25. The average Bonchev–Trinajstić information content (AvgIpc) is 2.47. The van der Waals surface area contributed by atoms with Crippen LogP contribution < -0.4 is 0 Å². The van der Waals surface area contributed by atoms with E-state index in [0.717, 1.165) is 5.39 Å². The zero-order chi connectivity index (χ0) is 13.2. The minimum Gasteiger partial charge on any atom is -0.288 e. The van der Waals surface area contributed by atoms with Crippen LogP contribution in [0.5, 0.6) is 0 Å². The number of hydrogen-bond donors (Lipinski definition) is 0. The van der Waals surface area contributed by atoms with Gasteiger partial charge in [0.1, 0.15) is 5.15 Å². The molecule has 0 bridgehead atoms. The van der Waals surface area contributed by atoms with Gasteiger partial charge in [0.05, 0.1) is 5.52 Å². The summed E-state index contributed by atoms with van der Waals surface area (Å²) in [5, 5.41) is 1.31. The van der Waals surface area contributed by atoms with Crippen LogP contribution in [-0.4, -0.2) is 15.8 Å². The summed E-state index contributed by atoms with van der Waals surface area (Å²) in [4.78, 5) is 20.7. The minimum absolute atomic E-state index is 0.103. The van der Waals surface area contributed by atoms with Crippen molar-refractivity contribution in [3.8, 4) is 0 Å². The molecule has 0 saturated heterocycles. The quantitative estimate of drug-likeness (QED) is 0.528. The van der Waals surface area contributed by atoms with Crippen molar-refractivity contribution in [1.82, 2.24) is 9.97 Å². The number of hydrogen-bond acceptors (Lipinski definition) is 3. The Labute approximate surface area is 114 Å². The van der Waals surface area contributed by atoms with Crippen LogP contribution in [0.4, 0.5) is 0 Å². The van der Waals surface area contributed by atoms with Gasteiger partial charge >= 0.3 is 0 Å². The van der Waals surface area contributed by atoms with Gasteiger partial charge in [0.25, 0.3) is 0 Å². The first-order valence-electron chi connectivity index (χ1n) is 5.76. The summed E-state index contributed by atoms with van der Waals surface area (Å²) < 4.78 is 0. The molecule has 0 aliphatic rings. The van der Waals surface area contributed by atoms with E-state index < -0.39 is 0 Å². The highest BCUT2D eigenvalue weighted by atomic mass is 35.5. The van der Waals surface area contributed by atoms with Crippen molar-refractivity contribution in [3.05, 3.63) is 71.1 Å². The molecule has 3 aromatic rings. The molecule has 0 radical (unpaired) electrons. The largest absolute Gasteiger partial charge is 0.288 e. The highest BCUT2D eigenvalue weighted by Gasteiger charge is 2.13. The molecule has 0 amide bonds. The molecule has 19 heavy (non-hydrogen) atoms. The molecule has 0 unspecified atom stereocenters. The molecule has 4 heteroatoms. The second-order valence-electron chi connectivity index (χ2n) is 4.08. The highest BCUT2D eigenvalue weighted by molar-refractivity contribution is 6.29. The number of pyridine rings is 2. The van der Waals surface area contributed by atoms with Gasteiger partial charge in [-0.3, -0.25) is 9.78 Å². The van der Waals surface area contributed by atoms with Crippen LogP contribution in [0.25, 0.3) is 10.9 Å². The monoisotopic (exact) mass is 268 g/mol. The van der Waals surface area contributed by atoms with Crippen LogP contribution in [0, 0.1) is 0 Å². The topological polar surface area (TPSA) is 42.9 Å². The molecule has 0 aliphatic heterocycles. The zero-order valence-corrected chi connectivity index (χ0v) is 10.6. The number of carbonyl (C=O) groups excluding carboxylic acids is 1. The number of halogens is 1. The van der Waals surface area contributed by atoms with Crippen LogP contribution in [-0.2, 0) is 0 Å². The minimum atomic E-state index is -0.103. The van der Waals surface area contributed by atoms with Gasteiger partial charge in [0.15, 0.2) is 5.78 Å². The number of benzene rings is 1. The van der Waals surface area contributed by atoms with Crippen molar-refractivity contribution in [2.24, 2.45) is 0 Å². The summed E-state index contributed by atoms with van der Waals surface area (Å²) in [6, 6.07) is 12.6. The van der Waals surface area contributed by atoms with Gasteiger partial charge in [0.2, 0.25) is 0 Å². The van der Waals surface area contributed by atoms with E-state index in [2.05, 4.69) is 9.97 Å². The van der Waals surface area contributed by atoms with Gasteiger partial charge in [-0.25, -0.2) is 4.98 Å². The number of aromatic nitrogens is 2. The molecule has 92 valence electrons. The van der Waals surface area contributed by atoms with E-state index in [9.17, 15) is 4.79 Å². The van der Waals surface area contributed by atoms with Crippen LogP contribution in [0.1, 0.15) is 15.9 Å². The Morgan fingerprint density at radius 2 is 1.84 bits per heavy atom. The van der Waals surface area contributed by atoms with E-state index in [1.165, 1.54) is 6.20 Å². The third kappa shape index (κ3) is 2.20. The van der Waals surface area contributed by atoms with Crippen molar-refractivity contribution < 1.29 is 4.79 Å². The number of nitrogens with zero attached hydrogens (tertiary/aromatic N) is 2. The highest BCUT2D eigenvalue weighted by Crippen LogP contribution is 2.19. The molecule has 0 N–H and O–H groups in total. The Kier molecular flexibility index (Phi) is 2.97. The van der Waals surface area contributed by atoms with Crippen molar-refractivity contribution in [2.45, 2.75) is 0 Å². The third-order valence-corrected chi connectivity index (χ3v) is 3.09. The van der Waals surface area contributed by atoms with Crippen LogP contribution in [0.3, 0.4) is 0 Å². The van der Waals surface area contributed by atoms with Crippen LogP contribution in [0.15, 0.2) is 54.9 Å². The first kappa shape index (κ1) is 11.8. The molecule has 0 atom stereocenters. The number of carbonyl (C=O) groups is 1. The van der Waals surface area contributed by atoms with E-state index in [-0.39, 0.29) is 5.78 Å². The van der Waals surface area contributed by atoms with Crippen molar-refractivity contribution >= 4 is 28.3 Å². The molecule has 1 aromatic carbocycles. The van der Waals surface area contributed by atoms with E-state index in [0.29, 0.717) is 21.8 Å². The second-order valence-corrected chi connectivity index (χ2v) is 4.47. The predicted molar refractivity (Wildman–Crippen MR) is 74.4 cm³/mol. The maximum absolute atomic E-state index is 12.4. The fraction of sp³-hybridized carbons (Fsp3) is 0. The smallest absolute Gasteiger partial charge is 0.196 e. The summed E-state index contributed by atoms with van der Waals surface area (Å²) in [5.74, 6) is -0.103. The summed E-state index contributed by atoms with van der Waals surface area (Å²) >= 11 is 5.72. The molecule has 3 nitrogen and oxygen atoms in total. The lowest BCUT2D eigenvalue weighted by Crippen LogP contribution is -2.03. The van der Waals surface area contributed by atoms with Crippen LogP contribution >= 0.6 is 11.6 Å². The van der Waals surface area contributed by atoms with Crippen molar-refractivity contribution in [1.29, 1.82) is 0 Å². The Bertz CT molecular complexity index is 748. The van der Waals surface area contributed by atoms with Crippen molar-refractivity contribution in [3.63, 3.8) is 0 Å². The molecule has 0 aliphatic carbocycles. The first-order valence-corrected chi connectivity index (χ1v) is 6.13. The predicted octanol–water partition coefficient (Wildman–Crippen LogP) is 3.51. The summed E-state index contributed by atoms with van der Waals surface area (Å²) in [5.41, 5.74) is 1.77. The standard InChI is InChI=1S/C15H9ClN2O/c16-13-7-6-11(9-18-13)15(19)12-5-1-3-10-4-2-8-17-14(10)12/h1-9H. The van der Waals surface area contributed by atoms with Gasteiger partial charge in [-0.05, 0) is 24.3 Å². The molecule has 2 aromatic heterocycles. The number of rotatable bonds is 2. The lowest BCUT2D eigenvalue weighted by atomic mass is 10.0. The molecule has 3 rings (SSSR count). The maximum atomic E-state index is 12.4. The lowest BCUT2D eigenvalue weighted by molar-refractivity contribution is 0.104. The summed E-state index contributed by atoms with van der Waals surface area (Å²) in [6.45, 7) is 0. The van der Waals surface area contributed by atoms with Crippen LogP contribution in [0.2, 0.25) is 5.15 Å². The normalized spacial score (nSPS) is 10.6. The van der Waals surface area contributed by atoms with E-state index in [1.807, 2.05) is 24.3 Å². The maximum Gasteiger partial charge on any atom is 0.196 e. The van der Waals surface area contributed by atoms with Gasteiger partial charge in [-0.2, -0.15) is 0 Å². The van der Waals surface area contributed by atoms with Gasteiger partial charge in [0, 0.05) is 28.9 Å².